The number of hydrogen-bond donors (Lipinski definition) is 1. The van der Waals surface area contributed by atoms with Crippen LogP contribution in [-0.4, -0.2) is 36.4 Å². The highest BCUT2D eigenvalue weighted by molar-refractivity contribution is 5.70. The Morgan fingerprint density at radius 1 is 0.500 bits per heavy atom. The Hall–Kier alpha value is -1.62. The number of aliphatic hydroxyl groups excluding tert-OH is 1. The smallest absolute Gasteiger partial charge is 0.306 e. The Morgan fingerprint density at radius 2 is 0.841 bits per heavy atom. The van der Waals surface area contributed by atoms with E-state index in [4.69, 9.17) is 9.47 Å². The first-order chi connectivity index (χ1) is 21.6. The van der Waals surface area contributed by atoms with Gasteiger partial charge in [0.05, 0.1) is 6.61 Å². The number of rotatable bonds is 34. The zero-order valence-electron chi connectivity index (χ0n) is 29.2. The molecule has 0 aliphatic carbocycles. The lowest BCUT2D eigenvalue weighted by atomic mass is 10.1. The van der Waals surface area contributed by atoms with Crippen LogP contribution in [0.5, 0.6) is 0 Å². The number of allylic oxidation sites excluding steroid dienone is 4. The van der Waals surface area contributed by atoms with Crippen LogP contribution in [0.15, 0.2) is 24.3 Å². The SMILES string of the molecule is CCCCC/C=C\CCCCCCCC(=O)OCC(CO)OC(=O)CCCCCCCCC/C=C\CCCCCCCCC. The minimum absolute atomic E-state index is 0.0695. The van der Waals surface area contributed by atoms with E-state index in [0.717, 1.165) is 44.9 Å². The van der Waals surface area contributed by atoms with Gasteiger partial charge in [0.2, 0.25) is 0 Å². The average Bonchev–Trinajstić information content (AvgIpc) is 3.02. The predicted octanol–water partition coefficient (Wildman–Crippen LogP) is 11.5. The molecule has 5 nitrogen and oxygen atoms in total. The molecule has 258 valence electrons. The van der Waals surface area contributed by atoms with E-state index in [-0.39, 0.29) is 25.2 Å². The van der Waals surface area contributed by atoms with E-state index >= 15 is 0 Å². The summed E-state index contributed by atoms with van der Waals surface area (Å²) in [6.45, 7) is 4.10. The van der Waals surface area contributed by atoms with Crippen molar-refractivity contribution < 1.29 is 24.2 Å². The lowest BCUT2D eigenvalue weighted by molar-refractivity contribution is -0.161. The fourth-order valence-electron chi connectivity index (χ4n) is 5.31. The lowest BCUT2D eigenvalue weighted by Gasteiger charge is -2.15. The number of ether oxygens (including phenoxy) is 2. The number of carbonyl (C=O) groups excluding carboxylic acids is 2. The number of unbranched alkanes of at least 4 members (excludes halogenated alkanes) is 22. The highest BCUT2D eigenvalue weighted by Crippen LogP contribution is 2.13. The topological polar surface area (TPSA) is 72.8 Å². The van der Waals surface area contributed by atoms with Gasteiger partial charge >= 0.3 is 11.9 Å². The molecule has 0 aromatic heterocycles. The molecule has 0 aromatic rings. The van der Waals surface area contributed by atoms with Crippen LogP contribution in [0.1, 0.15) is 194 Å². The first-order valence-electron chi connectivity index (χ1n) is 18.9. The van der Waals surface area contributed by atoms with Gasteiger partial charge in [0.1, 0.15) is 6.61 Å². The molecule has 44 heavy (non-hydrogen) atoms. The molecule has 0 aliphatic heterocycles. The maximum atomic E-state index is 12.1. The quantitative estimate of drug-likeness (QED) is 0.0440. The summed E-state index contributed by atoms with van der Waals surface area (Å²) < 4.78 is 10.6. The Balaban J connectivity index is 3.55. The van der Waals surface area contributed by atoms with Crippen LogP contribution in [0.3, 0.4) is 0 Å². The summed E-state index contributed by atoms with van der Waals surface area (Å²) in [7, 11) is 0. The van der Waals surface area contributed by atoms with Crippen molar-refractivity contribution >= 4 is 11.9 Å². The fraction of sp³-hybridized carbons (Fsp3) is 0.846. The van der Waals surface area contributed by atoms with Gasteiger partial charge in [-0.05, 0) is 64.2 Å². The summed E-state index contributed by atoms with van der Waals surface area (Å²) in [5.74, 6) is -0.604. The van der Waals surface area contributed by atoms with Crippen molar-refractivity contribution in [3.8, 4) is 0 Å². The summed E-state index contributed by atoms with van der Waals surface area (Å²) in [6.07, 6.45) is 40.9. The van der Waals surface area contributed by atoms with Crippen LogP contribution in [0.2, 0.25) is 0 Å². The Bertz CT molecular complexity index is 671. The number of hydrogen-bond acceptors (Lipinski definition) is 5. The molecule has 1 unspecified atom stereocenters. The molecule has 0 saturated carbocycles. The van der Waals surface area contributed by atoms with Crippen LogP contribution < -0.4 is 0 Å². The minimum atomic E-state index is -0.772. The van der Waals surface area contributed by atoms with Crippen molar-refractivity contribution in [2.45, 2.75) is 200 Å². The molecule has 1 N–H and O–H groups in total. The molecule has 0 heterocycles. The van der Waals surface area contributed by atoms with E-state index in [9.17, 15) is 14.7 Å². The summed E-state index contributed by atoms with van der Waals surface area (Å²) in [5, 5.41) is 9.53. The van der Waals surface area contributed by atoms with Crippen LogP contribution in [0.25, 0.3) is 0 Å². The van der Waals surface area contributed by atoms with E-state index in [1.807, 2.05) is 0 Å². The molecule has 0 spiro atoms. The Kier molecular flexibility index (Phi) is 34.5. The van der Waals surface area contributed by atoms with E-state index in [2.05, 4.69) is 38.2 Å². The second-order valence-corrected chi connectivity index (χ2v) is 12.6. The van der Waals surface area contributed by atoms with Crippen molar-refractivity contribution in [2.75, 3.05) is 13.2 Å². The predicted molar refractivity (Wildman–Crippen MR) is 187 cm³/mol. The van der Waals surface area contributed by atoms with Gasteiger partial charge in [0, 0.05) is 12.8 Å². The first-order valence-corrected chi connectivity index (χ1v) is 18.9. The monoisotopic (exact) mass is 621 g/mol. The van der Waals surface area contributed by atoms with E-state index in [0.29, 0.717) is 12.8 Å². The van der Waals surface area contributed by atoms with E-state index in [1.54, 1.807) is 0 Å². The molecular weight excluding hydrogens is 548 g/mol. The molecule has 1 atom stereocenters. The van der Waals surface area contributed by atoms with Crippen molar-refractivity contribution in [1.29, 1.82) is 0 Å². The third-order valence-corrected chi connectivity index (χ3v) is 8.22. The molecule has 0 amide bonds. The second-order valence-electron chi connectivity index (χ2n) is 12.6. The van der Waals surface area contributed by atoms with Gasteiger partial charge in [-0.2, -0.15) is 0 Å². The van der Waals surface area contributed by atoms with Gasteiger partial charge < -0.3 is 14.6 Å². The lowest BCUT2D eigenvalue weighted by Crippen LogP contribution is -2.28. The fourth-order valence-corrected chi connectivity index (χ4v) is 5.31. The standard InChI is InChI=1S/C39H72O5/c1-3-5-7-9-11-13-15-17-18-19-20-21-22-24-26-28-30-32-34-39(42)44-37(35-40)36-43-38(41)33-31-29-27-25-23-16-14-12-10-8-6-4-2/h12,14,18-19,37,40H,3-11,13,15-17,20-36H2,1-2H3/b14-12-,19-18-. The molecule has 0 fully saturated rings. The van der Waals surface area contributed by atoms with Gasteiger partial charge in [-0.1, -0.05) is 141 Å². The summed E-state index contributed by atoms with van der Waals surface area (Å²) >= 11 is 0. The molecule has 0 aromatic carbocycles. The van der Waals surface area contributed by atoms with Gasteiger partial charge in [0.15, 0.2) is 6.10 Å². The highest BCUT2D eigenvalue weighted by atomic mass is 16.6. The van der Waals surface area contributed by atoms with Gasteiger partial charge in [-0.25, -0.2) is 0 Å². The number of carbonyl (C=O) groups is 2. The molecule has 0 saturated heterocycles. The number of aliphatic hydroxyl groups is 1. The molecular formula is C39H72O5. The third kappa shape index (κ3) is 33.3. The Morgan fingerprint density at radius 3 is 1.27 bits per heavy atom. The third-order valence-electron chi connectivity index (χ3n) is 8.22. The largest absolute Gasteiger partial charge is 0.462 e. The summed E-state index contributed by atoms with van der Waals surface area (Å²) in [5.41, 5.74) is 0. The maximum absolute atomic E-state index is 12.1. The van der Waals surface area contributed by atoms with Crippen LogP contribution in [0, 0.1) is 0 Å². The van der Waals surface area contributed by atoms with Gasteiger partial charge in [0.25, 0.3) is 0 Å². The van der Waals surface area contributed by atoms with E-state index < -0.39 is 6.10 Å². The van der Waals surface area contributed by atoms with Crippen LogP contribution in [0.4, 0.5) is 0 Å². The second kappa shape index (κ2) is 35.9. The van der Waals surface area contributed by atoms with Crippen LogP contribution >= 0.6 is 0 Å². The average molecular weight is 621 g/mol. The normalized spacial score (nSPS) is 12.3. The van der Waals surface area contributed by atoms with Crippen molar-refractivity contribution in [2.24, 2.45) is 0 Å². The Labute approximate surface area is 273 Å². The molecule has 0 aliphatic rings. The summed E-state index contributed by atoms with van der Waals surface area (Å²) in [6, 6.07) is 0. The maximum Gasteiger partial charge on any atom is 0.306 e. The zero-order valence-corrected chi connectivity index (χ0v) is 29.2. The highest BCUT2D eigenvalue weighted by Gasteiger charge is 2.16. The molecule has 0 radical (unpaired) electrons. The van der Waals surface area contributed by atoms with Crippen molar-refractivity contribution in [3.63, 3.8) is 0 Å². The van der Waals surface area contributed by atoms with Gasteiger partial charge in [-0.3, -0.25) is 9.59 Å². The van der Waals surface area contributed by atoms with Crippen molar-refractivity contribution in [1.82, 2.24) is 0 Å². The summed E-state index contributed by atoms with van der Waals surface area (Å²) in [4.78, 5) is 24.2. The van der Waals surface area contributed by atoms with E-state index in [1.165, 1.54) is 122 Å². The van der Waals surface area contributed by atoms with Gasteiger partial charge in [-0.15, -0.1) is 0 Å². The molecule has 5 heteroatoms. The van der Waals surface area contributed by atoms with Crippen molar-refractivity contribution in [3.05, 3.63) is 24.3 Å². The molecule has 0 bridgehead atoms. The number of esters is 2. The zero-order chi connectivity index (χ0) is 32.2. The minimum Gasteiger partial charge on any atom is -0.462 e. The molecule has 0 rings (SSSR count). The van der Waals surface area contributed by atoms with Crippen LogP contribution in [-0.2, 0) is 19.1 Å². The first kappa shape index (κ1) is 42.4.